The summed E-state index contributed by atoms with van der Waals surface area (Å²) in [5.74, 6) is 1.35. The van der Waals surface area contributed by atoms with E-state index in [1.165, 1.54) is 11.1 Å². The summed E-state index contributed by atoms with van der Waals surface area (Å²) in [6, 6.07) is 6.19. The maximum absolute atomic E-state index is 5.77. The zero-order chi connectivity index (χ0) is 12.3. The Labute approximate surface area is 103 Å². The molecule has 1 aliphatic heterocycles. The van der Waals surface area contributed by atoms with Crippen molar-refractivity contribution >= 4 is 0 Å². The van der Waals surface area contributed by atoms with Gasteiger partial charge < -0.3 is 14.2 Å². The Morgan fingerprint density at radius 3 is 2.71 bits per heavy atom. The number of hydrogen-bond donors (Lipinski definition) is 0. The number of ether oxygens (including phenoxy) is 3. The first kappa shape index (κ1) is 12.4. The predicted octanol–water partition coefficient (Wildman–Crippen LogP) is 2.91. The van der Waals surface area contributed by atoms with Gasteiger partial charge in [-0.15, -0.1) is 0 Å². The van der Waals surface area contributed by atoms with Gasteiger partial charge in [-0.1, -0.05) is 19.9 Å². The van der Waals surface area contributed by atoms with E-state index in [1.807, 2.05) is 6.07 Å². The van der Waals surface area contributed by atoms with E-state index >= 15 is 0 Å². The first-order valence-corrected chi connectivity index (χ1v) is 6.09. The molecule has 0 aromatic heterocycles. The standard InChI is InChI=1S/C14H20O3/c1-10(2)12-5-4-11(15-3)8-13(12)14-9-16-6-7-17-14/h4-5,8,10,14H,6-7,9H2,1-3H3/t14-/m0/s1. The number of methoxy groups -OCH3 is 1. The third-order valence-corrected chi connectivity index (χ3v) is 3.08. The van der Waals surface area contributed by atoms with Crippen LogP contribution in [0.4, 0.5) is 0 Å². The predicted molar refractivity (Wildman–Crippen MR) is 66.6 cm³/mol. The minimum atomic E-state index is 0.0382. The lowest BCUT2D eigenvalue weighted by atomic mass is 9.93. The van der Waals surface area contributed by atoms with Crippen LogP contribution >= 0.6 is 0 Å². The molecule has 0 spiro atoms. The van der Waals surface area contributed by atoms with Crippen molar-refractivity contribution in [3.05, 3.63) is 29.3 Å². The second kappa shape index (κ2) is 5.52. The SMILES string of the molecule is COc1ccc(C(C)C)c([C@@H]2COCCO2)c1. The first-order valence-electron chi connectivity index (χ1n) is 6.09. The first-order chi connectivity index (χ1) is 8.22. The highest BCUT2D eigenvalue weighted by Crippen LogP contribution is 2.31. The van der Waals surface area contributed by atoms with Crippen LogP contribution in [0.5, 0.6) is 5.75 Å². The molecule has 1 saturated heterocycles. The molecule has 0 saturated carbocycles. The van der Waals surface area contributed by atoms with Crippen LogP contribution in [-0.4, -0.2) is 26.9 Å². The smallest absolute Gasteiger partial charge is 0.119 e. The normalized spacial score (nSPS) is 20.6. The van der Waals surface area contributed by atoms with E-state index in [9.17, 15) is 0 Å². The fraction of sp³-hybridized carbons (Fsp3) is 0.571. The molecule has 0 amide bonds. The number of rotatable bonds is 3. The van der Waals surface area contributed by atoms with Crippen LogP contribution in [-0.2, 0) is 9.47 Å². The maximum Gasteiger partial charge on any atom is 0.119 e. The molecular formula is C14H20O3. The van der Waals surface area contributed by atoms with Crippen LogP contribution in [0.3, 0.4) is 0 Å². The Morgan fingerprint density at radius 2 is 2.12 bits per heavy atom. The molecule has 94 valence electrons. The van der Waals surface area contributed by atoms with Crippen molar-refractivity contribution in [3.8, 4) is 5.75 Å². The van der Waals surface area contributed by atoms with Crippen molar-refractivity contribution in [2.24, 2.45) is 0 Å². The third-order valence-electron chi connectivity index (χ3n) is 3.08. The van der Waals surface area contributed by atoms with Gasteiger partial charge in [0.15, 0.2) is 0 Å². The minimum Gasteiger partial charge on any atom is -0.497 e. The van der Waals surface area contributed by atoms with Gasteiger partial charge in [0.05, 0.1) is 26.9 Å². The van der Waals surface area contributed by atoms with Crippen molar-refractivity contribution in [2.75, 3.05) is 26.9 Å². The molecule has 1 fully saturated rings. The van der Waals surface area contributed by atoms with Crippen LogP contribution < -0.4 is 4.74 Å². The summed E-state index contributed by atoms with van der Waals surface area (Å²) >= 11 is 0. The van der Waals surface area contributed by atoms with Crippen molar-refractivity contribution < 1.29 is 14.2 Å². The number of benzene rings is 1. The molecule has 17 heavy (non-hydrogen) atoms. The molecule has 3 nitrogen and oxygen atoms in total. The molecule has 1 aliphatic rings. The highest BCUT2D eigenvalue weighted by atomic mass is 16.6. The molecule has 1 atom stereocenters. The fourth-order valence-electron chi connectivity index (χ4n) is 2.15. The summed E-state index contributed by atoms with van der Waals surface area (Å²) in [6.07, 6.45) is 0.0382. The van der Waals surface area contributed by atoms with Gasteiger partial charge in [0.1, 0.15) is 11.9 Å². The lowest BCUT2D eigenvalue weighted by Gasteiger charge is -2.26. The zero-order valence-electron chi connectivity index (χ0n) is 10.7. The number of hydrogen-bond acceptors (Lipinski definition) is 3. The Balaban J connectivity index is 2.33. The van der Waals surface area contributed by atoms with Gasteiger partial charge in [0.2, 0.25) is 0 Å². The largest absolute Gasteiger partial charge is 0.497 e. The summed E-state index contributed by atoms with van der Waals surface area (Å²) < 4.78 is 16.5. The summed E-state index contributed by atoms with van der Waals surface area (Å²) in [6.45, 7) is 6.37. The van der Waals surface area contributed by atoms with Gasteiger partial charge in [-0.25, -0.2) is 0 Å². The monoisotopic (exact) mass is 236 g/mol. The Hall–Kier alpha value is -1.06. The average molecular weight is 236 g/mol. The highest BCUT2D eigenvalue weighted by Gasteiger charge is 2.21. The van der Waals surface area contributed by atoms with E-state index in [1.54, 1.807) is 7.11 Å². The van der Waals surface area contributed by atoms with Crippen LogP contribution in [0.15, 0.2) is 18.2 Å². The zero-order valence-corrected chi connectivity index (χ0v) is 10.7. The van der Waals surface area contributed by atoms with Crippen molar-refractivity contribution in [3.63, 3.8) is 0 Å². The van der Waals surface area contributed by atoms with Crippen LogP contribution in [0.2, 0.25) is 0 Å². The quantitative estimate of drug-likeness (QED) is 0.807. The molecule has 2 rings (SSSR count). The third kappa shape index (κ3) is 2.79. The van der Waals surface area contributed by atoms with Gasteiger partial charge in [-0.3, -0.25) is 0 Å². The van der Waals surface area contributed by atoms with E-state index in [4.69, 9.17) is 14.2 Å². The summed E-state index contributed by atoms with van der Waals surface area (Å²) in [5.41, 5.74) is 2.50. The molecular weight excluding hydrogens is 216 g/mol. The van der Waals surface area contributed by atoms with Gasteiger partial charge in [-0.2, -0.15) is 0 Å². The maximum atomic E-state index is 5.77. The molecule has 0 aliphatic carbocycles. The summed E-state index contributed by atoms with van der Waals surface area (Å²) in [5, 5.41) is 0. The summed E-state index contributed by atoms with van der Waals surface area (Å²) in [4.78, 5) is 0. The second-order valence-corrected chi connectivity index (χ2v) is 4.58. The molecule has 1 aromatic carbocycles. The molecule has 0 N–H and O–H groups in total. The summed E-state index contributed by atoms with van der Waals surface area (Å²) in [7, 11) is 1.69. The van der Waals surface area contributed by atoms with Crippen molar-refractivity contribution in [1.82, 2.24) is 0 Å². The van der Waals surface area contributed by atoms with Crippen molar-refractivity contribution in [2.45, 2.75) is 25.9 Å². The topological polar surface area (TPSA) is 27.7 Å². The van der Waals surface area contributed by atoms with Crippen LogP contribution in [0.1, 0.15) is 37.0 Å². The highest BCUT2D eigenvalue weighted by molar-refractivity contribution is 5.39. The molecule has 1 heterocycles. The molecule has 0 radical (unpaired) electrons. The average Bonchev–Trinajstić information content (AvgIpc) is 2.39. The molecule has 0 bridgehead atoms. The molecule has 1 aromatic rings. The van der Waals surface area contributed by atoms with Crippen LogP contribution in [0, 0.1) is 0 Å². The molecule has 3 heteroatoms. The van der Waals surface area contributed by atoms with E-state index in [-0.39, 0.29) is 6.10 Å². The Morgan fingerprint density at radius 1 is 1.29 bits per heavy atom. The van der Waals surface area contributed by atoms with Crippen molar-refractivity contribution in [1.29, 1.82) is 0 Å². The van der Waals surface area contributed by atoms with Gasteiger partial charge in [-0.05, 0) is 29.2 Å². The van der Waals surface area contributed by atoms with E-state index in [0.29, 0.717) is 25.7 Å². The Bertz CT molecular complexity index is 368. The fourth-order valence-corrected chi connectivity index (χ4v) is 2.15. The van der Waals surface area contributed by atoms with Gasteiger partial charge >= 0.3 is 0 Å². The van der Waals surface area contributed by atoms with Gasteiger partial charge in [0, 0.05) is 0 Å². The van der Waals surface area contributed by atoms with E-state index in [2.05, 4.69) is 26.0 Å². The Kier molecular flexibility index (Phi) is 4.02. The minimum absolute atomic E-state index is 0.0382. The lowest BCUT2D eigenvalue weighted by molar-refractivity contribution is -0.0905. The van der Waals surface area contributed by atoms with Gasteiger partial charge in [0.25, 0.3) is 0 Å². The second-order valence-electron chi connectivity index (χ2n) is 4.58. The molecule has 0 unspecified atom stereocenters. The lowest BCUT2D eigenvalue weighted by Crippen LogP contribution is -2.23. The van der Waals surface area contributed by atoms with Crippen LogP contribution in [0.25, 0.3) is 0 Å². The van der Waals surface area contributed by atoms with E-state index in [0.717, 1.165) is 5.75 Å². The van der Waals surface area contributed by atoms with E-state index < -0.39 is 0 Å².